The Kier molecular flexibility index (Phi) is 2.73. The van der Waals surface area contributed by atoms with Crippen LogP contribution in [0.5, 0.6) is 0 Å². The van der Waals surface area contributed by atoms with Crippen molar-refractivity contribution in [3.8, 4) is 0 Å². The molecule has 2 aromatic rings. The van der Waals surface area contributed by atoms with Crippen LogP contribution in [0.3, 0.4) is 0 Å². The molecule has 0 saturated carbocycles. The van der Waals surface area contributed by atoms with E-state index in [9.17, 15) is 0 Å². The lowest BCUT2D eigenvalue weighted by atomic mass is 10.2. The summed E-state index contributed by atoms with van der Waals surface area (Å²) >= 11 is 0. The van der Waals surface area contributed by atoms with E-state index in [1.807, 2.05) is 16.8 Å². The summed E-state index contributed by atoms with van der Waals surface area (Å²) in [7, 11) is 0. The monoisotopic (exact) mass is 202 g/mol. The van der Waals surface area contributed by atoms with Gasteiger partial charge in [-0.15, -0.1) is 0 Å². The molecule has 1 N–H and O–H groups in total. The third-order valence-electron chi connectivity index (χ3n) is 2.01. The summed E-state index contributed by atoms with van der Waals surface area (Å²) < 4.78 is 1.82. The third-order valence-corrected chi connectivity index (χ3v) is 2.01. The molecule has 0 spiro atoms. The van der Waals surface area contributed by atoms with Crippen LogP contribution in [0, 0.1) is 0 Å². The fourth-order valence-electron chi connectivity index (χ4n) is 1.27. The highest BCUT2D eigenvalue weighted by molar-refractivity contribution is 5.99. The van der Waals surface area contributed by atoms with Crippen molar-refractivity contribution in [3.05, 3.63) is 48.8 Å². The average Bonchev–Trinajstić information content (AvgIpc) is 2.80. The first kappa shape index (κ1) is 9.39. The van der Waals surface area contributed by atoms with Gasteiger partial charge < -0.3 is 9.77 Å². The Bertz CT molecular complexity index is 436. The summed E-state index contributed by atoms with van der Waals surface area (Å²) in [5.41, 5.74) is 1.36. The SMILES string of the molecule is O/N=C(\Cn1ccnc1)c1cccnc1. The summed E-state index contributed by atoms with van der Waals surface area (Å²) in [6.07, 6.45) is 8.49. The Morgan fingerprint density at radius 3 is 2.93 bits per heavy atom. The molecule has 0 aliphatic carbocycles. The van der Waals surface area contributed by atoms with E-state index in [2.05, 4.69) is 15.1 Å². The number of oxime groups is 1. The first-order chi connectivity index (χ1) is 7.40. The summed E-state index contributed by atoms with van der Waals surface area (Å²) in [5, 5.41) is 12.2. The van der Waals surface area contributed by atoms with Crippen LogP contribution in [0.1, 0.15) is 5.56 Å². The van der Waals surface area contributed by atoms with Gasteiger partial charge in [0.15, 0.2) is 0 Å². The van der Waals surface area contributed by atoms with Crippen molar-refractivity contribution >= 4 is 5.71 Å². The second-order valence-electron chi connectivity index (χ2n) is 3.02. The molecule has 0 amide bonds. The van der Waals surface area contributed by atoms with E-state index in [4.69, 9.17) is 5.21 Å². The number of nitrogens with zero attached hydrogens (tertiary/aromatic N) is 4. The zero-order valence-corrected chi connectivity index (χ0v) is 7.98. The lowest BCUT2D eigenvalue weighted by Crippen LogP contribution is -2.10. The number of imidazole rings is 1. The molecule has 0 aromatic carbocycles. The van der Waals surface area contributed by atoms with Crippen LogP contribution >= 0.6 is 0 Å². The normalized spacial score (nSPS) is 11.6. The highest BCUT2D eigenvalue weighted by Crippen LogP contribution is 2.01. The molecule has 0 fully saturated rings. The molecule has 5 heteroatoms. The molecule has 2 rings (SSSR count). The zero-order valence-electron chi connectivity index (χ0n) is 7.98. The quantitative estimate of drug-likeness (QED) is 0.461. The van der Waals surface area contributed by atoms with E-state index < -0.39 is 0 Å². The Balaban J connectivity index is 2.20. The van der Waals surface area contributed by atoms with E-state index in [1.54, 1.807) is 31.0 Å². The smallest absolute Gasteiger partial charge is 0.108 e. The van der Waals surface area contributed by atoms with Gasteiger partial charge in [0.25, 0.3) is 0 Å². The maximum absolute atomic E-state index is 8.90. The van der Waals surface area contributed by atoms with Gasteiger partial charge in [0.2, 0.25) is 0 Å². The first-order valence-electron chi connectivity index (χ1n) is 4.47. The third kappa shape index (κ3) is 2.19. The molecule has 76 valence electrons. The van der Waals surface area contributed by atoms with Gasteiger partial charge in [0, 0.05) is 30.4 Å². The van der Waals surface area contributed by atoms with Gasteiger partial charge in [-0.2, -0.15) is 0 Å². The Hall–Kier alpha value is -2.17. The van der Waals surface area contributed by atoms with Crippen LogP contribution in [-0.4, -0.2) is 25.5 Å². The van der Waals surface area contributed by atoms with Gasteiger partial charge in [-0.25, -0.2) is 4.98 Å². The number of rotatable bonds is 3. The molecular formula is C10H10N4O. The minimum atomic E-state index is 0.474. The molecule has 0 bridgehead atoms. The predicted octanol–water partition coefficient (Wildman–Crippen LogP) is 1.16. The van der Waals surface area contributed by atoms with Crippen molar-refractivity contribution in [3.63, 3.8) is 0 Å². The molecule has 0 atom stereocenters. The number of hydrogen-bond acceptors (Lipinski definition) is 4. The summed E-state index contributed by atoms with van der Waals surface area (Å²) in [6, 6.07) is 3.65. The number of aromatic nitrogens is 3. The first-order valence-corrected chi connectivity index (χ1v) is 4.47. The van der Waals surface area contributed by atoms with Gasteiger partial charge in [0.05, 0.1) is 12.9 Å². The van der Waals surface area contributed by atoms with Crippen molar-refractivity contribution in [2.24, 2.45) is 5.16 Å². The van der Waals surface area contributed by atoms with Crippen molar-refractivity contribution < 1.29 is 5.21 Å². The van der Waals surface area contributed by atoms with Gasteiger partial charge in [-0.3, -0.25) is 4.98 Å². The molecule has 0 saturated heterocycles. The van der Waals surface area contributed by atoms with Crippen LogP contribution in [0.25, 0.3) is 0 Å². The van der Waals surface area contributed by atoms with E-state index >= 15 is 0 Å². The average molecular weight is 202 g/mol. The van der Waals surface area contributed by atoms with Gasteiger partial charge in [0.1, 0.15) is 5.71 Å². The summed E-state index contributed by atoms with van der Waals surface area (Å²) in [4.78, 5) is 7.88. The zero-order chi connectivity index (χ0) is 10.5. The molecule has 0 aliphatic rings. The minimum absolute atomic E-state index is 0.474. The lowest BCUT2D eigenvalue weighted by Gasteiger charge is -2.04. The molecule has 2 aromatic heterocycles. The van der Waals surface area contributed by atoms with E-state index in [1.165, 1.54) is 0 Å². The Morgan fingerprint density at radius 2 is 2.33 bits per heavy atom. The van der Waals surface area contributed by atoms with E-state index in [0.29, 0.717) is 12.3 Å². The van der Waals surface area contributed by atoms with E-state index in [0.717, 1.165) is 5.56 Å². The van der Waals surface area contributed by atoms with Crippen LogP contribution in [0.2, 0.25) is 0 Å². The van der Waals surface area contributed by atoms with Crippen molar-refractivity contribution in [2.75, 3.05) is 0 Å². The molecule has 0 radical (unpaired) electrons. The highest BCUT2D eigenvalue weighted by Gasteiger charge is 2.04. The maximum Gasteiger partial charge on any atom is 0.108 e. The Labute approximate surface area is 86.7 Å². The second-order valence-corrected chi connectivity index (χ2v) is 3.02. The lowest BCUT2D eigenvalue weighted by molar-refractivity contribution is 0.317. The van der Waals surface area contributed by atoms with Crippen molar-refractivity contribution in [1.29, 1.82) is 0 Å². The van der Waals surface area contributed by atoms with Crippen LogP contribution < -0.4 is 0 Å². The second kappa shape index (κ2) is 4.36. The summed E-state index contributed by atoms with van der Waals surface area (Å²) in [6.45, 7) is 0.474. The summed E-state index contributed by atoms with van der Waals surface area (Å²) in [5.74, 6) is 0. The molecular weight excluding hydrogens is 192 g/mol. The van der Waals surface area contributed by atoms with Gasteiger partial charge in [-0.1, -0.05) is 5.16 Å². The molecule has 5 nitrogen and oxygen atoms in total. The van der Waals surface area contributed by atoms with Crippen molar-refractivity contribution in [1.82, 2.24) is 14.5 Å². The van der Waals surface area contributed by atoms with Gasteiger partial charge >= 0.3 is 0 Å². The number of pyridine rings is 1. The molecule has 0 unspecified atom stereocenters. The van der Waals surface area contributed by atoms with Crippen molar-refractivity contribution in [2.45, 2.75) is 6.54 Å². The molecule has 2 heterocycles. The molecule has 0 aliphatic heterocycles. The Morgan fingerprint density at radius 1 is 1.40 bits per heavy atom. The van der Waals surface area contributed by atoms with Crippen LogP contribution in [0.15, 0.2) is 48.4 Å². The van der Waals surface area contributed by atoms with E-state index in [-0.39, 0.29) is 0 Å². The fraction of sp³-hybridized carbons (Fsp3) is 0.100. The minimum Gasteiger partial charge on any atom is -0.411 e. The highest BCUT2D eigenvalue weighted by atomic mass is 16.4. The van der Waals surface area contributed by atoms with Crippen LogP contribution in [0.4, 0.5) is 0 Å². The maximum atomic E-state index is 8.90. The topological polar surface area (TPSA) is 63.3 Å². The number of hydrogen-bond donors (Lipinski definition) is 1. The van der Waals surface area contributed by atoms with Crippen LogP contribution in [-0.2, 0) is 6.54 Å². The standard InChI is InChI=1S/C10H10N4O/c15-13-10(7-14-5-4-12-8-14)9-2-1-3-11-6-9/h1-6,8,15H,7H2/b13-10+. The largest absolute Gasteiger partial charge is 0.411 e. The van der Waals surface area contributed by atoms with Gasteiger partial charge in [-0.05, 0) is 12.1 Å². The molecule has 15 heavy (non-hydrogen) atoms. The predicted molar refractivity (Wildman–Crippen MR) is 54.8 cm³/mol. The fourth-order valence-corrected chi connectivity index (χ4v) is 1.27.